The second-order valence-electron chi connectivity index (χ2n) is 5.46. The zero-order chi connectivity index (χ0) is 16.7. The molecule has 0 unspecified atom stereocenters. The summed E-state index contributed by atoms with van der Waals surface area (Å²) in [5.41, 5.74) is 0.207. The summed E-state index contributed by atoms with van der Waals surface area (Å²) in [6, 6.07) is 11.7. The number of hydrogen-bond donors (Lipinski definition) is 0. The van der Waals surface area contributed by atoms with Crippen LogP contribution in [0.5, 0.6) is 11.6 Å². The van der Waals surface area contributed by atoms with Gasteiger partial charge in [-0.3, -0.25) is 0 Å². The number of ether oxygens (including phenoxy) is 2. The van der Waals surface area contributed by atoms with Crippen LogP contribution in [0.2, 0.25) is 0 Å². The van der Waals surface area contributed by atoms with Gasteiger partial charge < -0.3 is 9.47 Å². The molecular weight excluding hydrogens is 489 g/mol. The Kier molecular flexibility index (Phi) is 4.17. The molecule has 8 heteroatoms. The fourth-order valence-electron chi connectivity index (χ4n) is 2.25. The van der Waals surface area contributed by atoms with Crippen LogP contribution in [0.1, 0.15) is 23.3 Å². The van der Waals surface area contributed by atoms with Gasteiger partial charge >= 0.3 is 5.97 Å². The van der Waals surface area contributed by atoms with Crippen molar-refractivity contribution in [3.8, 4) is 11.6 Å². The maximum atomic E-state index is 12.2. The highest BCUT2D eigenvalue weighted by atomic mass is 127. The minimum atomic E-state index is -0.461. The summed E-state index contributed by atoms with van der Waals surface area (Å²) in [5, 5.41) is 9.90. The number of fused-ring (bicyclic) bond motifs is 1. The van der Waals surface area contributed by atoms with Crippen molar-refractivity contribution in [3.63, 3.8) is 0 Å². The van der Waals surface area contributed by atoms with Gasteiger partial charge in [0.1, 0.15) is 11.9 Å². The minimum absolute atomic E-state index is 0.00997. The second-order valence-corrected chi connectivity index (χ2v) is 7.29. The summed E-state index contributed by atoms with van der Waals surface area (Å²) in [6.07, 6.45) is 1.83. The molecule has 0 bridgehead atoms. The van der Waals surface area contributed by atoms with Gasteiger partial charge in [0.25, 0.3) is 5.88 Å². The van der Waals surface area contributed by atoms with Crippen molar-refractivity contribution >= 4 is 55.5 Å². The molecular formula is C16H11BrIN3O3. The average molecular weight is 500 g/mol. The van der Waals surface area contributed by atoms with E-state index in [0.717, 1.165) is 28.1 Å². The third kappa shape index (κ3) is 3.25. The molecule has 0 N–H and O–H groups in total. The molecule has 1 aliphatic rings. The summed E-state index contributed by atoms with van der Waals surface area (Å²) in [5.74, 6) is 0.269. The highest BCUT2D eigenvalue weighted by molar-refractivity contribution is 14.1. The molecule has 0 radical (unpaired) electrons. The van der Waals surface area contributed by atoms with Crippen LogP contribution in [-0.2, 0) is 4.74 Å². The number of hydrogen-bond acceptors (Lipinski definition) is 5. The molecule has 1 heterocycles. The monoisotopic (exact) mass is 499 g/mol. The number of carbonyl (C=O) groups excluding carboxylic acids is 1. The van der Waals surface area contributed by atoms with E-state index in [1.807, 2.05) is 59.3 Å². The Balaban J connectivity index is 1.63. The van der Waals surface area contributed by atoms with Crippen molar-refractivity contribution in [3.05, 3.63) is 46.6 Å². The number of carbonyl (C=O) groups is 1. The Morgan fingerprint density at radius 2 is 1.96 bits per heavy atom. The van der Waals surface area contributed by atoms with E-state index in [1.165, 1.54) is 2.90 Å². The maximum absolute atomic E-state index is 12.2. The van der Waals surface area contributed by atoms with Crippen molar-refractivity contribution in [2.75, 3.05) is 0 Å². The Morgan fingerprint density at radius 3 is 2.75 bits per heavy atom. The predicted octanol–water partition coefficient (Wildman–Crippen LogP) is 4.50. The van der Waals surface area contributed by atoms with Crippen LogP contribution in [0.25, 0.3) is 10.8 Å². The predicted molar refractivity (Wildman–Crippen MR) is 99.6 cm³/mol. The number of nitrogens with zero attached hydrogens (tertiary/aromatic N) is 3. The zero-order valence-corrected chi connectivity index (χ0v) is 16.0. The molecule has 2 aromatic carbocycles. The van der Waals surface area contributed by atoms with Gasteiger partial charge in [0.05, 0.1) is 22.9 Å². The fraction of sp³-hybridized carbons (Fsp3) is 0.188. The van der Waals surface area contributed by atoms with Crippen LogP contribution in [-0.4, -0.2) is 25.3 Å². The summed E-state index contributed by atoms with van der Waals surface area (Å²) in [7, 11) is 0. The first-order chi connectivity index (χ1) is 11.6. The molecule has 0 aliphatic heterocycles. The second kappa shape index (κ2) is 6.32. The van der Waals surface area contributed by atoms with Crippen molar-refractivity contribution < 1.29 is 14.3 Å². The standard InChI is InChI=1S/C16H11BrIN3O3/c17-11-3-1-10-8-13(4-2-9(10)7-11)23-15-14(21(18)20-19-15)16(22)24-12-5-6-12/h1-4,7-8,12H,5-6H2. The molecule has 1 saturated carbocycles. The largest absolute Gasteiger partial charge is 0.457 e. The van der Waals surface area contributed by atoms with Gasteiger partial charge in [-0.2, -0.15) is 2.90 Å². The van der Waals surface area contributed by atoms with Crippen molar-refractivity contribution in [1.82, 2.24) is 13.2 Å². The molecule has 0 amide bonds. The lowest BCUT2D eigenvalue weighted by Crippen LogP contribution is -2.10. The fourth-order valence-corrected chi connectivity index (χ4v) is 3.12. The summed E-state index contributed by atoms with van der Waals surface area (Å²) in [4.78, 5) is 12.2. The first kappa shape index (κ1) is 15.8. The Labute approximate surface area is 159 Å². The third-order valence-corrected chi connectivity index (χ3v) is 4.75. The van der Waals surface area contributed by atoms with E-state index in [9.17, 15) is 4.79 Å². The van der Waals surface area contributed by atoms with Crippen molar-refractivity contribution in [1.29, 1.82) is 0 Å². The molecule has 4 rings (SSSR count). The number of aromatic nitrogens is 3. The van der Waals surface area contributed by atoms with Crippen LogP contribution < -0.4 is 4.74 Å². The van der Waals surface area contributed by atoms with Gasteiger partial charge in [-0.25, -0.2) is 4.79 Å². The van der Waals surface area contributed by atoms with Gasteiger partial charge in [-0.05, 0) is 47.9 Å². The molecule has 6 nitrogen and oxygen atoms in total. The lowest BCUT2D eigenvalue weighted by atomic mass is 10.1. The number of benzene rings is 2. The van der Waals surface area contributed by atoms with E-state index >= 15 is 0 Å². The van der Waals surface area contributed by atoms with E-state index in [1.54, 1.807) is 0 Å². The number of halogens is 2. The Bertz CT molecular complexity index is 939. The Hall–Kier alpha value is -1.68. The van der Waals surface area contributed by atoms with Gasteiger partial charge in [0.15, 0.2) is 0 Å². The summed E-state index contributed by atoms with van der Waals surface area (Å²) in [6.45, 7) is 0. The quantitative estimate of drug-likeness (QED) is 0.390. The Morgan fingerprint density at radius 1 is 1.21 bits per heavy atom. The third-order valence-electron chi connectivity index (χ3n) is 3.58. The molecule has 0 saturated heterocycles. The van der Waals surface area contributed by atoms with Crippen molar-refractivity contribution in [2.24, 2.45) is 0 Å². The molecule has 1 aliphatic carbocycles. The minimum Gasteiger partial charge on any atom is -0.457 e. The highest BCUT2D eigenvalue weighted by Gasteiger charge is 2.31. The van der Waals surface area contributed by atoms with Gasteiger partial charge in [0, 0.05) is 4.47 Å². The van der Waals surface area contributed by atoms with E-state index in [4.69, 9.17) is 9.47 Å². The van der Waals surface area contributed by atoms with Crippen molar-refractivity contribution in [2.45, 2.75) is 18.9 Å². The SMILES string of the molecule is O=C(OC1CC1)c1c(Oc2ccc3cc(Br)ccc3c2)nnn1I. The normalized spacial score (nSPS) is 13.9. The summed E-state index contributed by atoms with van der Waals surface area (Å²) >= 11 is 5.33. The van der Waals surface area contributed by atoms with Crippen LogP contribution in [0.3, 0.4) is 0 Å². The van der Waals surface area contributed by atoms with Crippen LogP contribution in [0.15, 0.2) is 40.9 Å². The molecule has 24 heavy (non-hydrogen) atoms. The first-order valence-corrected chi connectivity index (χ1v) is 9.06. The smallest absolute Gasteiger partial charge is 0.363 e. The first-order valence-electron chi connectivity index (χ1n) is 7.30. The molecule has 0 atom stereocenters. The van der Waals surface area contributed by atoms with E-state index in [2.05, 4.69) is 26.2 Å². The highest BCUT2D eigenvalue weighted by Crippen LogP contribution is 2.30. The average Bonchev–Trinajstić information content (AvgIpc) is 3.29. The van der Waals surface area contributed by atoms with E-state index in [0.29, 0.717) is 5.75 Å². The molecule has 122 valence electrons. The summed E-state index contributed by atoms with van der Waals surface area (Å²) < 4.78 is 13.5. The van der Waals surface area contributed by atoms with Gasteiger partial charge in [-0.15, -0.1) is 0 Å². The van der Waals surface area contributed by atoms with Crippen LogP contribution in [0, 0.1) is 0 Å². The number of rotatable bonds is 4. The van der Waals surface area contributed by atoms with Gasteiger partial charge in [-0.1, -0.05) is 38.4 Å². The molecule has 3 aromatic rings. The van der Waals surface area contributed by atoms with E-state index in [-0.39, 0.29) is 17.7 Å². The lowest BCUT2D eigenvalue weighted by molar-refractivity contribution is 0.0461. The molecule has 1 aromatic heterocycles. The van der Waals surface area contributed by atoms with E-state index < -0.39 is 5.97 Å². The lowest BCUT2D eigenvalue weighted by Gasteiger charge is -2.07. The molecule has 0 spiro atoms. The van der Waals surface area contributed by atoms with Crippen LogP contribution >= 0.6 is 38.8 Å². The zero-order valence-electron chi connectivity index (χ0n) is 12.3. The number of esters is 1. The topological polar surface area (TPSA) is 66.2 Å². The maximum Gasteiger partial charge on any atom is 0.363 e. The molecule has 1 fully saturated rings. The van der Waals surface area contributed by atoms with Gasteiger partial charge in [0.2, 0.25) is 5.69 Å². The van der Waals surface area contributed by atoms with Crippen LogP contribution in [0.4, 0.5) is 0 Å².